The van der Waals surface area contributed by atoms with E-state index in [0.717, 1.165) is 13.1 Å². The number of nitrogens with two attached hydrogens (primary N) is 1. The van der Waals surface area contributed by atoms with Crippen molar-refractivity contribution in [2.75, 3.05) is 13.1 Å². The lowest BCUT2D eigenvalue weighted by atomic mass is 9.84. The normalized spacial score (nSPS) is 16.6. The van der Waals surface area contributed by atoms with Gasteiger partial charge in [-0.1, -0.05) is 48.5 Å². The van der Waals surface area contributed by atoms with Gasteiger partial charge in [-0.2, -0.15) is 0 Å². The zero-order valence-electron chi connectivity index (χ0n) is 11.1. The van der Waals surface area contributed by atoms with Gasteiger partial charge >= 0.3 is 0 Å². The van der Waals surface area contributed by atoms with E-state index in [-0.39, 0.29) is 17.9 Å². The lowest BCUT2D eigenvalue weighted by Crippen LogP contribution is -2.62. The Morgan fingerprint density at radius 1 is 0.850 bits per heavy atom. The molecule has 102 valence electrons. The first-order valence-corrected chi connectivity index (χ1v) is 6.68. The molecule has 1 fully saturated rings. The summed E-state index contributed by atoms with van der Waals surface area (Å²) in [7, 11) is 0. The molecular weight excluding hydrogens is 268 g/mol. The van der Waals surface area contributed by atoms with E-state index in [9.17, 15) is 0 Å². The summed E-state index contributed by atoms with van der Waals surface area (Å²) in [5.41, 5.74) is 7.42. The summed E-state index contributed by atoms with van der Waals surface area (Å²) in [5, 5.41) is 8.42. The molecule has 0 amide bonds. The molecule has 3 heteroatoms. The van der Waals surface area contributed by atoms with Gasteiger partial charge in [0.2, 0.25) is 0 Å². The van der Waals surface area contributed by atoms with Gasteiger partial charge in [0.25, 0.3) is 0 Å². The third kappa shape index (κ3) is 1.88. The van der Waals surface area contributed by atoms with Crippen LogP contribution in [-0.4, -0.2) is 13.1 Å². The van der Waals surface area contributed by atoms with E-state index in [4.69, 9.17) is 5.73 Å². The molecule has 1 aliphatic rings. The van der Waals surface area contributed by atoms with Crippen LogP contribution in [0.25, 0.3) is 21.5 Å². The molecule has 4 rings (SSSR count). The highest BCUT2D eigenvalue weighted by molar-refractivity contribution is 6.07. The highest BCUT2D eigenvalue weighted by Crippen LogP contribution is 2.30. The molecule has 0 radical (unpaired) electrons. The highest BCUT2D eigenvalue weighted by atomic mass is 35.5. The quantitative estimate of drug-likeness (QED) is 0.674. The van der Waals surface area contributed by atoms with Crippen LogP contribution in [0.3, 0.4) is 0 Å². The second kappa shape index (κ2) is 4.74. The van der Waals surface area contributed by atoms with Crippen molar-refractivity contribution in [2.24, 2.45) is 5.73 Å². The molecule has 0 saturated carbocycles. The van der Waals surface area contributed by atoms with E-state index in [2.05, 4.69) is 59.9 Å². The number of nitrogens with one attached hydrogen (secondary N) is 1. The second-order valence-corrected chi connectivity index (χ2v) is 5.48. The largest absolute Gasteiger partial charge is 0.319 e. The first-order chi connectivity index (χ1) is 9.26. The predicted molar refractivity (Wildman–Crippen MR) is 87.4 cm³/mol. The van der Waals surface area contributed by atoms with Gasteiger partial charge in [-0.15, -0.1) is 12.4 Å². The number of rotatable bonds is 1. The van der Waals surface area contributed by atoms with Crippen LogP contribution in [0.2, 0.25) is 0 Å². The molecule has 0 unspecified atom stereocenters. The molecule has 3 N–H and O–H groups in total. The van der Waals surface area contributed by atoms with Gasteiger partial charge < -0.3 is 11.1 Å². The van der Waals surface area contributed by atoms with Crippen LogP contribution in [0.15, 0.2) is 54.6 Å². The molecule has 0 atom stereocenters. The second-order valence-electron chi connectivity index (χ2n) is 5.48. The summed E-state index contributed by atoms with van der Waals surface area (Å²) >= 11 is 0. The number of fused-ring (bicyclic) bond motifs is 3. The van der Waals surface area contributed by atoms with Crippen molar-refractivity contribution < 1.29 is 0 Å². The zero-order valence-corrected chi connectivity index (χ0v) is 11.9. The fraction of sp³-hybridized carbons (Fsp3) is 0.176. The summed E-state index contributed by atoms with van der Waals surface area (Å²) in [6.07, 6.45) is 0. The Hall–Kier alpha value is -1.61. The number of halogens is 1. The van der Waals surface area contributed by atoms with Crippen LogP contribution in [-0.2, 0) is 5.54 Å². The molecule has 1 aliphatic heterocycles. The van der Waals surface area contributed by atoms with E-state index < -0.39 is 0 Å². The molecule has 0 spiro atoms. The van der Waals surface area contributed by atoms with Crippen molar-refractivity contribution in [3.05, 3.63) is 60.2 Å². The highest BCUT2D eigenvalue weighted by Gasteiger charge is 2.34. The molecule has 2 nitrogen and oxygen atoms in total. The van der Waals surface area contributed by atoms with E-state index >= 15 is 0 Å². The Morgan fingerprint density at radius 2 is 1.55 bits per heavy atom. The standard InChI is InChI=1S/C17H16N2.ClH/c18-17(10-19-11-17)14-7-8-16-13(9-14)6-5-12-3-1-2-4-15(12)16;/h1-9,19H,10-11,18H2;1H. The summed E-state index contributed by atoms with van der Waals surface area (Å²) in [4.78, 5) is 0. The maximum Gasteiger partial charge on any atom is 0.0662 e. The van der Waals surface area contributed by atoms with E-state index in [1.807, 2.05) is 0 Å². The topological polar surface area (TPSA) is 38.0 Å². The van der Waals surface area contributed by atoms with Crippen LogP contribution < -0.4 is 11.1 Å². The molecule has 0 bridgehead atoms. The molecular formula is C17H17ClN2. The molecule has 3 aromatic rings. The summed E-state index contributed by atoms with van der Waals surface area (Å²) in [5.74, 6) is 0. The predicted octanol–water partition coefficient (Wildman–Crippen LogP) is 3.17. The minimum absolute atomic E-state index is 0. The van der Waals surface area contributed by atoms with E-state index in [1.165, 1.54) is 27.1 Å². The molecule has 20 heavy (non-hydrogen) atoms. The van der Waals surface area contributed by atoms with Gasteiger partial charge in [0.1, 0.15) is 0 Å². The van der Waals surface area contributed by atoms with Crippen molar-refractivity contribution >= 4 is 34.0 Å². The minimum Gasteiger partial charge on any atom is -0.319 e. The fourth-order valence-electron chi connectivity index (χ4n) is 2.92. The zero-order chi connectivity index (χ0) is 12.9. The average molecular weight is 285 g/mol. The molecule has 1 heterocycles. The van der Waals surface area contributed by atoms with Crippen LogP contribution in [0, 0.1) is 0 Å². The van der Waals surface area contributed by atoms with Crippen LogP contribution in [0.1, 0.15) is 5.56 Å². The SMILES string of the molecule is Cl.NC1(c2ccc3c(ccc4ccccc43)c2)CNC1. The van der Waals surface area contributed by atoms with Crippen molar-refractivity contribution in [3.8, 4) is 0 Å². The lowest BCUT2D eigenvalue weighted by molar-refractivity contribution is 0.287. The summed E-state index contributed by atoms with van der Waals surface area (Å²) in [6, 6.07) is 19.5. The lowest BCUT2D eigenvalue weighted by Gasteiger charge is -2.39. The molecule has 1 saturated heterocycles. The third-order valence-electron chi connectivity index (χ3n) is 4.20. The number of hydrogen-bond acceptors (Lipinski definition) is 2. The van der Waals surface area contributed by atoms with E-state index in [1.54, 1.807) is 0 Å². The molecule has 0 aromatic heterocycles. The van der Waals surface area contributed by atoms with Crippen LogP contribution in [0.5, 0.6) is 0 Å². The van der Waals surface area contributed by atoms with Crippen molar-refractivity contribution in [1.82, 2.24) is 5.32 Å². The molecule has 0 aliphatic carbocycles. The van der Waals surface area contributed by atoms with E-state index in [0.29, 0.717) is 0 Å². The van der Waals surface area contributed by atoms with Crippen molar-refractivity contribution in [3.63, 3.8) is 0 Å². The van der Waals surface area contributed by atoms with Gasteiger partial charge in [0.05, 0.1) is 5.54 Å². The van der Waals surface area contributed by atoms with Gasteiger partial charge in [-0.05, 0) is 33.2 Å². The smallest absolute Gasteiger partial charge is 0.0662 e. The summed E-state index contributed by atoms with van der Waals surface area (Å²) in [6.45, 7) is 1.73. The van der Waals surface area contributed by atoms with Crippen molar-refractivity contribution in [1.29, 1.82) is 0 Å². The molecule has 3 aromatic carbocycles. The first kappa shape index (κ1) is 13.4. The Balaban J connectivity index is 0.00000121. The first-order valence-electron chi connectivity index (χ1n) is 6.68. The fourth-order valence-corrected chi connectivity index (χ4v) is 2.92. The van der Waals surface area contributed by atoms with Crippen LogP contribution >= 0.6 is 12.4 Å². The van der Waals surface area contributed by atoms with Gasteiger partial charge in [0.15, 0.2) is 0 Å². The third-order valence-corrected chi connectivity index (χ3v) is 4.20. The van der Waals surface area contributed by atoms with Crippen molar-refractivity contribution in [2.45, 2.75) is 5.54 Å². The van der Waals surface area contributed by atoms with Crippen LogP contribution in [0.4, 0.5) is 0 Å². The monoisotopic (exact) mass is 284 g/mol. The number of benzene rings is 3. The Kier molecular flexibility index (Phi) is 3.17. The minimum atomic E-state index is -0.181. The van der Waals surface area contributed by atoms with Gasteiger partial charge in [-0.3, -0.25) is 0 Å². The Morgan fingerprint density at radius 3 is 2.30 bits per heavy atom. The Bertz CT molecular complexity index is 778. The number of hydrogen-bond donors (Lipinski definition) is 2. The maximum atomic E-state index is 6.37. The van der Waals surface area contributed by atoms with Gasteiger partial charge in [-0.25, -0.2) is 0 Å². The average Bonchev–Trinajstić information content (AvgIpc) is 2.44. The Labute approximate surface area is 124 Å². The summed E-state index contributed by atoms with van der Waals surface area (Å²) < 4.78 is 0. The maximum absolute atomic E-state index is 6.37. The van der Waals surface area contributed by atoms with Gasteiger partial charge in [0, 0.05) is 13.1 Å².